The van der Waals surface area contributed by atoms with Crippen molar-refractivity contribution in [1.29, 1.82) is 0 Å². The SMILES string of the molecule is CC(C)(C)c1nc(Cl)cc(NCc2ccno2)n1. The second-order valence-electron chi connectivity index (χ2n) is 4.98. The lowest BCUT2D eigenvalue weighted by atomic mass is 9.96. The molecule has 18 heavy (non-hydrogen) atoms. The van der Waals surface area contributed by atoms with Gasteiger partial charge in [-0.05, 0) is 0 Å². The summed E-state index contributed by atoms with van der Waals surface area (Å²) in [5.41, 5.74) is -0.145. The Kier molecular flexibility index (Phi) is 3.52. The van der Waals surface area contributed by atoms with Gasteiger partial charge in [0.25, 0.3) is 0 Å². The van der Waals surface area contributed by atoms with Crippen LogP contribution in [0.15, 0.2) is 22.9 Å². The maximum Gasteiger partial charge on any atom is 0.155 e. The fourth-order valence-corrected chi connectivity index (χ4v) is 1.54. The van der Waals surface area contributed by atoms with Gasteiger partial charge < -0.3 is 9.84 Å². The average Bonchev–Trinajstić information content (AvgIpc) is 2.77. The summed E-state index contributed by atoms with van der Waals surface area (Å²) in [6, 6.07) is 3.48. The third-order valence-corrected chi connectivity index (χ3v) is 2.49. The lowest BCUT2D eigenvalue weighted by Gasteiger charge is -2.17. The summed E-state index contributed by atoms with van der Waals surface area (Å²) in [7, 11) is 0. The van der Waals surface area contributed by atoms with Crippen LogP contribution in [0, 0.1) is 0 Å². The monoisotopic (exact) mass is 266 g/mol. The molecule has 2 aromatic rings. The first kappa shape index (κ1) is 12.8. The Labute approximate surface area is 111 Å². The van der Waals surface area contributed by atoms with Crippen LogP contribution in [0.1, 0.15) is 32.4 Å². The minimum atomic E-state index is -0.145. The zero-order valence-corrected chi connectivity index (χ0v) is 11.3. The Hall–Kier alpha value is -1.62. The number of hydrogen-bond donors (Lipinski definition) is 1. The second-order valence-corrected chi connectivity index (χ2v) is 5.37. The summed E-state index contributed by atoms with van der Waals surface area (Å²) in [5.74, 6) is 2.12. The number of aromatic nitrogens is 3. The molecule has 0 aliphatic carbocycles. The average molecular weight is 267 g/mol. The second kappa shape index (κ2) is 4.94. The first-order valence-corrected chi connectivity index (χ1v) is 6.01. The molecule has 0 spiro atoms. The van der Waals surface area contributed by atoms with E-state index >= 15 is 0 Å². The molecule has 0 saturated heterocycles. The highest BCUT2D eigenvalue weighted by Gasteiger charge is 2.18. The fourth-order valence-electron chi connectivity index (χ4n) is 1.35. The first-order chi connectivity index (χ1) is 8.45. The van der Waals surface area contributed by atoms with Gasteiger partial charge in [-0.2, -0.15) is 0 Å². The van der Waals surface area contributed by atoms with Gasteiger partial charge in [0, 0.05) is 17.5 Å². The molecule has 6 heteroatoms. The van der Waals surface area contributed by atoms with Gasteiger partial charge in [0.1, 0.15) is 16.8 Å². The van der Waals surface area contributed by atoms with Gasteiger partial charge in [-0.1, -0.05) is 37.5 Å². The Morgan fingerprint density at radius 2 is 2.11 bits per heavy atom. The number of anilines is 1. The molecule has 1 N–H and O–H groups in total. The predicted octanol–water partition coefficient (Wildman–Crippen LogP) is 3.03. The van der Waals surface area contributed by atoms with Crippen LogP contribution in [0.4, 0.5) is 5.82 Å². The molecule has 2 rings (SSSR count). The maximum absolute atomic E-state index is 5.99. The van der Waals surface area contributed by atoms with Crippen molar-refractivity contribution in [3.8, 4) is 0 Å². The third-order valence-electron chi connectivity index (χ3n) is 2.30. The highest BCUT2D eigenvalue weighted by Crippen LogP contribution is 2.22. The largest absolute Gasteiger partial charge is 0.363 e. The van der Waals surface area contributed by atoms with Crippen molar-refractivity contribution >= 4 is 17.4 Å². The fraction of sp³-hybridized carbons (Fsp3) is 0.417. The van der Waals surface area contributed by atoms with E-state index in [1.165, 1.54) is 0 Å². The van der Waals surface area contributed by atoms with Crippen LogP contribution in [0.2, 0.25) is 5.15 Å². The van der Waals surface area contributed by atoms with Crippen molar-refractivity contribution in [2.75, 3.05) is 5.32 Å². The molecule has 0 saturated carbocycles. The molecule has 0 aromatic carbocycles. The Morgan fingerprint density at radius 1 is 1.33 bits per heavy atom. The van der Waals surface area contributed by atoms with E-state index in [9.17, 15) is 0 Å². The minimum Gasteiger partial charge on any atom is -0.363 e. The van der Waals surface area contributed by atoms with Crippen LogP contribution in [-0.4, -0.2) is 15.1 Å². The van der Waals surface area contributed by atoms with E-state index in [2.05, 4.69) is 20.4 Å². The van der Waals surface area contributed by atoms with E-state index in [1.54, 1.807) is 18.3 Å². The van der Waals surface area contributed by atoms with Gasteiger partial charge >= 0.3 is 0 Å². The van der Waals surface area contributed by atoms with Crippen LogP contribution in [-0.2, 0) is 12.0 Å². The Bertz CT molecular complexity index is 519. The zero-order chi connectivity index (χ0) is 13.2. The van der Waals surface area contributed by atoms with Crippen molar-refractivity contribution in [3.63, 3.8) is 0 Å². The predicted molar refractivity (Wildman–Crippen MR) is 69.6 cm³/mol. The molecule has 0 amide bonds. The summed E-state index contributed by atoms with van der Waals surface area (Å²) < 4.78 is 4.99. The van der Waals surface area contributed by atoms with Crippen LogP contribution in [0.5, 0.6) is 0 Å². The molecule has 96 valence electrons. The van der Waals surface area contributed by atoms with Gasteiger partial charge in [0.15, 0.2) is 5.76 Å². The van der Waals surface area contributed by atoms with Crippen molar-refractivity contribution < 1.29 is 4.52 Å². The number of rotatable bonds is 3. The first-order valence-electron chi connectivity index (χ1n) is 5.63. The van der Waals surface area contributed by atoms with Gasteiger partial charge in [0.05, 0.1) is 12.7 Å². The lowest BCUT2D eigenvalue weighted by molar-refractivity contribution is 0.388. The Morgan fingerprint density at radius 3 is 2.72 bits per heavy atom. The van der Waals surface area contributed by atoms with Crippen molar-refractivity contribution in [2.45, 2.75) is 32.7 Å². The molecule has 0 bridgehead atoms. The maximum atomic E-state index is 5.99. The number of hydrogen-bond acceptors (Lipinski definition) is 5. The summed E-state index contributed by atoms with van der Waals surface area (Å²) in [6.07, 6.45) is 1.60. The molecule has 0 radical (unpaired) electrons. The highest BCUT2D eigenvalue weighted by molar-refractivity contribution is 6.29. The molecular formula is C12H15ClN4O. The van der Waals surface area contributed by atoms with E-state index in [0.717, 1.165) is 5.76 Å². The molecule has 2 heterocycles. The molecule has 0 fully saturated rings. The molecule has 5 nitrogen and oxygen atoms in total. The molecule has 0 aliphatic heterocycles. The van der Waals surface area contributed by atoms with E-state index < -0.39 is 0 Å². The Balaban J connectivity index is 2.15. The smallest absolute Gasteiger partial charge is 0.155 e. The van der Waals surface area contributed by atoms with E-state index in [0.29, 0.717) is 23.3 Å². The molecule has 0 atom stereocenters. The topological polar surface area (TPSA) is 63.8 Å². The highest BCUT2D eigenvalue weighted by atomic mass is 35.5. The van der Waals surface area contributed by atoms with Crippen LogP contribution >= 0.6 is 11.6 Å². The van der Waals surface area contributed by atoms with Crippen molar-refractivity contribution in [1.82, 2.24) is 15.1 Å². The molecule has 2 aromatic heterocycles. The number of nitrogens with one attached hydrogen (secondary N) is 1. The summed E-state index contributed by atoms with van der Waals surface area (Å²) in [5, 5.41) is 7.19. The molecular weight excluding hydrogens is 252 g/mol. The quantitative estimate of drug-likeness (QED) is 0.865. The van der Waals surface area contributed by atoms with Crippen molar-refractivity contribution in [2.24, 2.45) is 0 Å². The number of halogens is 1. The van der Waals surface area contributed by atoms with Gasteiger partial charge in [0.2, 0.25) is 0 Å². The summed E-state index contributed by atoms with van der Waals surface area (Å²) in [6.45, 7) is 6.63. The van der Waals surface area contributed by atoms with E-state index in [1.807, 2.05) is 20.8 Å². The van der Waals surface area contributed by atoms with E-state index in [4.69, 9.17) is 16.1 Å². The van der Waals surface area contributed by atoms with Gasteiger partial charge in [-0.25, -0.2) is 9.97 Å². The summed E-state index contributed by atoms with van der Waals surface area (Å²) in [4.78, 5) is 8.66. The van der Waals surface area contributed by atoms with E-state index in [-0.39, 0.29) is 5.41 Å². The standard InChI is InChI=1S/C12H15ClN4O/c1-12(2,3)11-16-9(13)6-10(17-11)14-7-8-4-5-15-18-8/h4-6H,7H2,1-3H3,(H,14,16,17). The summed E-state index contributed by atoms with van der Waals surface area (Å²) >= 11 is 5.99. The van der Waals surface area contributed by atoms with Crippen LogP contribution < -0.4 is 5.32 Å². The lowest BCUT2D eigenvalue weighted by Crippen LogP contribution is -2.17. The van der Waals surface area contributed by atoms with Gasteiger partial charge in [-0.3, -0.25) is 0 Å². The third kappa shape index (κ3) is 3.20. The zero-order valence-electron chi connectivity index (χ0n) is 10.6. The minimum absolute atomic E-state index is 0.145. The van der Waals surface area contributed by atoms with Gasteiger partial charge in [-0.15, -0.1) is 0 Å². The molecule has 0 aliphatic rings. The normalized spacial score (nSPS) is 11.6. The van der Waals surface area contributed by atoms with Crippen molar-refractivity contribution in [3.05, 3.63) is 35.1 Å². The molecule has 0 unspecified atom stereocenters. The van der Waals surface area contributed by atoms with Crippen LogP contribution in [0.3, 0.4) is 0 Å². The number of nitrogens with zero attached hydrogens (tertiary/aromatic N) is 3. The van der Waals surface area contributed by atoms with Crippen LogP contribution in [0.25, 0.3) is 0 Å².